The first-order valence-corrected chi connectivity index (χ1v) is 7.64. The largest absolute Gasteiger partial charge is 0.364 e. The second-order valence-corrected chi connectivity index (χ2v) is 5.88. The second-order valence-electron chi connectivity index (χ2n) is 4.81. The van der Waals surface area contributed by atoms with Crippen LogP contribution in [0.4, 0.5) is 5.13 Å². The van der Waals surface area contributed by atoms with Crippen LogP contribution in [0.5, 0.6) is 0 Å². The van der Waals surface area contributed by atoms with E-state index in [0.717, 1.165) is 23.5 Å². The molecule has 2 rings (SSSR count). The summed E-state index contributed by atoms with van der Waals surface area (Å²) in [5, 5.41) is 16.1. The van der Waals surface area contributed by atoms with Gasteiger partial charge in [-0.1, -0.05) is 23.4 Å². The number of rotatable bonds is 7. The highest BCUT2D eigenvalue weighted by atomic mass is 32.1. The summed E-state index contributed by atoms with van der Waals surface area (Å²) in [5.74, 6) is -0.118. The first kappa shape index (κ1) is 15.6. The van der Waals surface area contributed by atoms with Gasteiger partial charge in [-0.3, -0.25) is 15.0 Å². The van der Waals surface area contributed by atoms with E-state index in [0.29, 0.717) is 5.13 Å². The van der Waals surface area contributed by atoms with Crippen molar-refractivity contribution in [2.45, 2.75) is 32.7 Å². The van der Waals surface area contributed by atoms with Gasteiger partial charge in [0.25, 0.3) is 0 Å². The van der Waals surface area contributed by atoms with Crippen molar-refractivity contribution in [2.75, 3.05) is 18.9 Å². The summed E-state index contributed by atoms with van der Waals surface area (Å²) >= 11 is 1.42. The Hall–Kier alpha value is -1.80. The SMILES string of the molecule is CCCc1nnc(NC(=O)CN(C)C(C)c2ccon2)s1. The second kappa shape index (κ2) is 7.28. The van der Waals surface area contributed by atoms with E-state index in [1.807, 2.05) is 18.9 Å². The van der Waals surface area contributed by atoms with Gasteiger partial charge in [0.2, 0.25) is 11.0 Å². The third-order valence-electron chi connectivity index (χ3n) is 3.12. The van der Waals surface area contributed by atoms with E-state index in [4.69, 9.17) is 4.52 Å². The molecule has 0 bridgehead atoms. The molecule has 0 radical (unpaired) electrons. The van der Waals surface area contributed by atoms with E-state index in [1.165, 1.54) is 17.6 Å². The van der Waals surface area contributed by atoms with Crippen LogP contribution in [0.3, 0.4) is 0 Å². The highest BCUT2D eigenvalue weighted by Crippen LogP contribution is 2.18. The lowest BCUT2D eigenvalue weighted by Crippen LogP contribution is -2.32. The molecule has 0 aliphatic heterocycles. The van der Waals surface area contributed by atoms with E-state index in [2.05, 4.69) is 27.6 Å². The van der Waals surface area contributed by atoms with Crippen molar-refractivity contribution in [1.29, 1.82) is 0 Å². The average molecular weight is 309 g/mol. The molecule has 114 valence electrons. The zero-order valence-corrected chi connectivity index (χ0v) is 13.2. The van der Waals surface area contributed by atoms with E-state index < -0.39 is 0 Å². The predicted octanol–water partition coefficient (Wildman–Crippen LogP) is 2.11. The monoisotopic (exact) mass is 309 g/mol. The fourth-order valence-electron chi connectivity index (χ4n) is 1.80. The van der Waals surface area contributed by atoms with Crippen LogP contribution in [0.25, 0.3) is 0 Å². The zero-order chi connectivity index (χ0) is 15.2. The van der Waals surface area contributed by atoms with Gasteiger partial charge in [-0.15, -0.1) is 10.2 Å². The van der Waals surface area contributed by atoms with Gasteiger partial charge in [-0.2, -0.15) is 0 Å². The van der Waals surface area contributed by atoms with Crippen molar-refractivity contribution in [3.63, 3.8) is 0 Å². The molecule has 0 aromatic carbocycles. The number of carbonyl (C=O) groups is 1. The number of nitrogens with zero attached hydrogens (tertiary/aromatic N) is 4. The number of anilines is 1. The van der Waals surface area contributed by atoms with E-state index >= 15 is 0 Å². The molecule has 2 aromatic rings. The summed E-state index contributed by atoms with van der Waals surface area (Å²) in [7, 11) is 1.86. The van der Waals surface area contributed by atoms with Crippen molar-refractivity contribution in [3.8, 4) is 0 Å². The Balaban J connectivity index is 1.85. The Labute approximate surface area is 127 Å². The Kier molecular flexibility index (Phi) is 5.40. The predicted molar refractivity (Wildman–Crippen MR) is 80.1 cm³/mol. The molecule has 1 atom stereocenters. The van der Waals surface area contributed by atoms with Crippen molar-refractivity contribution in [3.05, 3.63) is 23.0 Å². The van der Waals surface area contributed by atoms with Crippen LogP contribution < -0.4 is 5.32 Å². The number of aryl methyl sites for hydroxylation is 1. The number of likely N-dealkylation sites (N-methyl/N-ethyl adjacent to an activating group) is 1. The Bertz CT molecular complexity index is 569. The third kappa shape index (κ3) is 4.33. The van der Waals surface area contributed by atoms with Crippen molar-refractivity contribution in [2.24, 2.45) is 0 Å². The van der Waals surface area contributed by atoms with Gasteiger partial charge in [0.05, 0.1) is 12.6 Å². The maximum absolute atomic E-state index is 12.0. The lowest BCUT2D eigenvalue weighted by atomic mass is 10.2. The summed E-state index contributed by atoms with van der Waals surface area (Å²) in [5.41, 5.74) is 0.798. The summed E-state index contributed by atoms with van der Waals surface area (Å²) in [6.07, 6.45) is 3.42. The molecule has 8 heteroatoms. The molecule has 2 heterocycles. The third-order valence-corrected chi connectivity index (χ3v) is 4.02. The van der Waals surface area contributed by atoms with E-state index in [1.54, 1.807) is 6.07 Å². The molecule has 21 heavy (non-hydrogen) atoms. The fourth-order valence-corrected chi connectivity index (χ4v) is 2.66. The maximum atomic E-state index is 12.0. The lowest BCUT2D eigenvalue weighted by Gasteiger charge is -2.21. The van der Waals surface area contributed by atoms with Crippen LogP contribution in [0, 0.1) is 0 Å². The molecule has 0 saturated heterocycles. The number of hydrogen-bond acceptors (Lipinski definition) is 7. The Morgan fingerprint density at radius 2 is 2.33 bits per heavy atom. The quantitative estimate of drug-likeness (QED) is 0.843. The minimum Gasteiger partial charge on any atom is -0.364 e. The molecule has 1 N–H and O–H groups in total. The molecule has 1 amide bonds. The Morgan fingerprint density at radius 1 is 1.52 bits per heavy atom. The first-order chi connectivity index (χ1) is 10.1. The van der Waals surface area contributed by atoms with Crippen LogP contribution in [0.15, 0.2) is 16.9 Å². The molecule has 0 saturated carbocycles. The van der Waals surface area contributed by atoms with Gasteiger partial charge in [-0.05, 0) is 20.4 Å². The van der Waals surface area contributed by atoms with Gasteiger partial charge < -0.3 is 4.52 Å². The fraction of sp³-hybridized carbons (Fsp3) is 0.538. The molecular weight excluding hydrogens is 290 g/mol. The zero-order valence-electron chi connectivity index (χ0n) is 12.4. The van der Waals surface area contributed by atoms with Gasteiger partial charge in [0.1, 0.15) is 17.0 Å². The van der Waals surface area contributed by atoms with Crippen molar-refractivity contribution >= 4 is 22.4 Å². The molecule has 0 aliphatic carbocycles. The summed E-state index contributed by atoms with van der Waals surface area (Å²) in [6.45, 7) is 4.30. The maximum Gasteiger partial charge on any atom is 0.240 e. The number of carbonyl (C=O) groups excluding carboxylic acids is 1. The summed E-state index contributed by atoms with van der Waals surface area (Å²) in [6, 6.07) is 1.79. The Morgan fingerprint density at radius 3 is 3.00 bits per heavy atom. The average Bonchev–Trinajstić information content (AvgIpc) is 3.10. The van der Waals surface area contributed by atoms with E-state index in [9.17, 15) is 4.79 Å². The minimum absolute atomic E-state index is 0.000396. The van der Waals surface area contributed by atoms with Gasteiger partial charge >= 0.3 is 0 Å². The lowest BCUT2D eigenvalue weighted by molar-refractivity contribution is -0.117. The molecule has 2 aromatic heterocycles. The van der Waals surface area contributed by atoms with Crippen LogP contribution in [-0.4, -0.2) is 39.8 Å². The number of aromatic nitrogens is 3. The number of amides is 1. The van der Waals surface area contributed by atoms with Crippen LogP contribution >= 0.6 is 11.3 Å². The van der Waals surface area contributed by atoms with Gasteiger partial charge in [-0.25, -0.2) is 0 Å². The molecule has 1 unspecified atom stereocenters. The first-order valence-electron chi connectivity index (χ1n) is 6.83. The number of hydrogen-bond donors (Lipinski definition) is 1. The molecule has 7 nitrogen and oxygen atoms in total. The molecule has 0 spiro atoms. The smallest absolute Gasteiger partial charge is 0.240 e. The molecule has 0 fully saturated rings. The highest BCUT2D eigenvalue weighted by molar-refractivity contribution is 7.15. The summed E-state index contributed by atoms with van der Waals surface area (Å²) in [4.78, 5) is 13.9. The minimum atomic E-state index is -0.118. The normalized spacial score (nSPS) is 12.6. The van der Waals surface area contributed by atoms with Crippen LogP contribution in [0.2, 0.25) is 0 Å². The number of nitrogens with one attached hydrogen (secondary N) is 1. The summed E-state index contributed by atoms with van der Waals surface area (Å²) < 4.78 is 4.82. The topological polar surface area (TPSA) is 84.2 Å². The van der Waals surface area contributed by atoms with Crippen molar-refractivity contribution < 1.29 is 9.32 Å². The standard InChI is InChI=1S/C13H19N5O2S/c1-4-5-12-15-16-13(21-12)14-11(19)8-18(3)9(2)10-6-7-20-17-10/h6-7,9H,4-5,8H2,1-3H3,(H,14,16,19). The van der Waals surface area contributed by atoms with Crippen LogP contribution in [0.1, 0.15) is 37.0 Å². The van der Waals surface area contributed by atoms with E-state index in [-0.39, 0.29) is 18.5 Å². The van der Waals surface area contributed by atoms with Gasteiger partial charge in [0, 0.05) is 12.5 Å². The van der Waals surface area contributed by atoms with Crippen LogP contribution in [-0.2, 0) is 11.2 Å². The molecule has 0 aliphatic rings. The van der Waals surface area contributed by atoms with Gasteiger partial charge in [0.15, 0.2) is 0 Å². The molecular formula is C13H19N5O2S. The highest BCUT2D eigenvalue weighted by Gasteiger charge is 2.17. The van der Waals surface area contributed by atoms with Crippen molar-refractivity contribution in [1.82, 2.24) is 20.3 Å².